The quantitative estimate of drug-likeness (QED) is 0.653. The number of nitro benzene ring substituents is 1. The van der Waals surface area contributed by atoms with Crippen molar-refractivity contribution in [2.75, 3.05) is 7.05 Å². The van der Waals surface area contributed by atoms with Crippen molar-refractivity contribution in [2.45, 2.75) is 12.5 Å². The molecule has 2 aromatic carbocycles. The predicted octanol–water partition coefficient (Wildman–Crippen LogP) is 4.00. The highest BCUT2D eigenvalue weighted by molar-refractivity contribution is 9.10. The van der Waals surface area contributed by atoms with Crippen LogP contribution in [0.2, 0.25) is 0 Å². The van der Waals surface area contributed by atoms with E-state index >= 15 is 0 Å². The molecule has 21 heavy (non-hydrogen) atoms. The molecule has 0 fully saturated rings. The smallest absolute Gasteiger partial charge is 0.272 e. The lowest BCUT2D eigenvalue weighted by Gasteiger charge is -2.17. The first-order chi connectivity index (χ1) is 10.0. The van der Waals surface area contributed by atoms with Crippen LogP contribution in [0, 0.1) is 15.9 Å². The molecule has 110 valence electrons. The van der Waals surface area contributed by atoms with Crippen molar-refractivity contribution in [3.8, 4) is 0 Å². The molecule has 0 heterocycles. The normalized spacial score (nSPS) is 12.1. The number of benzene rings is 2. The number of rotatable bonds is 5. The fourth-order valence-corrected chi connectivity index (χ4v) is 2.57. The highest BCUT2D eigenvalue weighted by atomic mass is 79.9. The highest BCUT2D eigenvalue weighted by Crippen LogP contribution is 2.27. The van der Waals surface area contributed by atoms with Crippen LogP contribution in [0.1, 0.15) is 17.2 Å². The molecule has 0 aliphatic heterocycles. The topological polar surface area (TPSA) is 55.2 Å². The van der Waals surface area contributed by atoms with E-state index in [1.54, 1.807) is 37.4 Å². The molecule has 1 atom stereocenters. The van der Waals surface area contributed by atoms with Gasteiger partial charge in [-0.3, -0.25) is 10.1 Å². The SMILES string of the molecule is CNC(Cc1ccccc1[N+](=O)[O-])c1ccc(Br)cc1F. The summed E-state index contributed by atoms with van der Waals surface area (Å²) in [5, 5.41) is 14.1. The molecular formula is C15H14BrFN2O2. The first-order valence-electron chi connectivity index (χ1n) is 6.37. The first-order valence-corrected chi connectivity index (χ1v) is 7.16. The fourth-order valence-electron chi connectivity index (χ4n) is 2.23. The summed E-state index contributed by atoms with van der Waals surface area (Å²) >= 11 is 3.22. The van der Waals surface area contributed by atoms with E-state index in [0.717, 1.165) is 0 Å². The van der Waals surface area contributed by atoms with Gasteiger partial charge in [-0.25, -0.2) is 4.39 Å². The van der Waals surface area contributed by atoms with Crippen LogP contribution in [-0.2, 0) is 6.42 Å². The van der Waals surface area contributed by atoms with Crippen LogP contribution in [0.15, 0.2) is 46.9 Å². The average molecular weight is 353 g/mol. The van der Waals surface area contributed by atoms with E-state index in [9.17, 15) is 14.5 Å². The molecule has 4 nitrogen and oxygen atoms in total. The number of nitro groups is 1. The Bertz CT molecular complexity index is 664. The van der Waals surface area contributed by atoms with Gasteiger partial charge >= 0.3 is 0 Å². The molecule has 0 radical (unpaired) electrons. The average Bonchev–Trinajstić information content (AvgIpc) is 2.45. The summed E-state index contributed by atoms with van der Waals surface area (Å²) in [5.41, 5.74) is 1.11. The number of hydrogen-bond donors (Lipinski definition) is 1. The second-order valence-electron chi connectivity index (χ2n) is 4.60. The Hall–Kier alpha value is -1.79. The van der Waals surface area contributed by atoms with E-state index in [1.807, 2.05) is 0 Å². The maximum atomic E-state index is 14.0. The maximum Gasteiger partial charge on any atom is 0.272 e. The summed E-state index contributed by atoms with van der Waals surface area (Å²) in [5.74, 6) is -0.345. The van der Waals surface area contributed by atoms with Gasteiger partial charge in [-0.1, -0.05) is 40.2 Å². The van der Waals surface area contributed by atoms with Crippen molar-refractivity contribution >= 4 is 21.6 Å². The fraction of sp³-hybridized carbons (Fsp3) is 0.200. The minimum atomic E-state index is -0.417. The minimum Gasteiger partial charge on any atom is -0.313 e. The van der Waals surface area contributed by atoms with Gasteiger partial charge in [-0.2, -0.15) is 0 Å². The number of para-hydroxylation sites is 1. The van der Waals surface area contributed by atoms with Crippen molar-refractivity contribution in [1.29, 1.82) is 0 Å². The van der Waals surface area contributed by atoms with E-state index in [1.165, 1.54) is 12.1 Å². The molecule has 0 saturated carbocycles. The van der Waals surface area contributed by atoms with E-state index < -0.39 is 4.92 Å². The molecule has 1 N–H and O–H groups in total. The number of halogens is 2. The second-order valence-corrected chi connectivity index (χ2v) is 5.51. The monoisotopic (exact) mass is 352 g/mol. The van der Waals surface area contributed by atoms with E-state index in [4.69, 9.17) is 0 Å². The summed E-state index contributed by atoms with van der Waals surface area (Å²) in [4.78, 5) is 10.6. The Balaban J connectivity index is 2.34. The summed E-state index contributed by atoms with van der Waals surface area (Å²) in [6, 6.07) is 11.0. The Morgan fingerprint density at radius 2 is 2.05 bits per heavy atom. The highest BCUT2D eigenvalue weighted by Gasteiger charge is 2.20. The Morgan fingerprint density at radius 3 is 2.67 bits per heavy atom. The third-order valence-corrected chi connectivity index (χ3v) is 3.79. The molecular weight excluding hydrogens is 339 g/mol. The van der Waals surface area contributed by atoms with Crippen LogP contribution < -0.4 is 5.32 Å². The van der Waals surface area contributed by atoms with Gasteiger partial charge < -0.3 is 5.32 Å². The van der Waals surface area contributed by atoms with Crippen molar-refractivity contribution < 1.29 is 9.31 Å². The zero-order valence-corrected chi connectivity index (χ0v) is 12.9. The Labute approximate surface area is 130 Å². The molecule has 0 amide bonds. The van der Waals surface area contributed by atoms with Crippen molar-refractivity contribution in [3.05, 3.63) is 74.0 Å². The zero-order valence-electron chi connectivity index (χ0n) is 11.3. The summed E-state index contributed by atoms with van der Waals surface area (Å²) in [6.07, 6.45) is 0.339. The lowest BCUT2D eigenvalue weighted by Crippen LogP contribution is -2.20. The molecule has 0 saturated heterocycles. The van der Waals surface area contributed by atoms with Gasteiger partial charge in [0.25, 0.3) is 5.69 Å². The molecule has 1 unspecified atom stereocenters. The molecule has 2 rings (SSSR count). The van der Waals surface area contributed by atoms with Gasteiger partial charge in [-0.15, -0.1) is 0 Å². The molecule has 0 bridgehead atoms. The summed E-state index contributed by atoms with van der Waals surface area (Å²) in [6.45, 7) is 0. The maximum absolute atomic E-state index is 14.0. The Morgan fingerprint density at radius 1 is 1.33 bits per heavy atom. The third kappa shape index (κ3) is 3.65. The van der Waals surface area contributed by atoms with Gasteiger partial charge in [-0.05, 0) is 25.6 Å². The molecule has 0 aromatic heterocycles. The number of nitrogens with zero attached hydrogens (tertiary/aromatic N) is 1. The van der Waals surface area contributed by atoms with Crippen LogP contribution in [0.3, 0.4) is 0 Å². The number of hydrogen-bond acceptors (Lipinski definition) is 3. The number of nitrogens with one attached hydrogen (secondary N) is 1. The lowest BCUT2D eigenvalue weighted by atomic mass is 9.97. The summed E-state index contributed by atoms with van der Waals surface area (Å²) in [7, 11) is 1.71. The van der Waals surface area contributed by atoms with Crippen LogP contribution >= 0.6 is 15.9 Å². The van der Waals surface area contributed by atoms with Crippen LogP contribution in [0.25, 0.3) is 0 Å². The number of likely N-dealkylation sites (N-methyl/N-ethyl adjacent to an activating group) is 1. The molecule has 0 spiro atoms. The molecule has 6 heteroatoms. The van der Waals surface area contributed by atoms with Gasteiger partial charge in [0.05, 0.1) is 4.92 Å². The van der Waals surface area contributed by atoms with Gasteiger partial charge in [0.2, 0.25) is 0 Å². The van der Waals surface area contributed by atoms with E-state index in [-0.39, 0.29) is 17.5 Å². The largest absolute Gasteiger partial charge is 0.313 e. The van der Waals surface area contributed by atoms with Gasteiger partial charge in [0, 0.05) is 27.7 Å². The van der Waals surface area contributed by atoms with Crippen LogP contribution in [0.4, 0.5) is 10.1 Å². The lowest BCUT2D eigenvalue weighted by molar-refractivity contribution is -0.385. The van der Waals surface area contributed by atoms with Crippen LogP contribution in [0.5, 0.6) is 0 Å². The first kappa shape index (κ1) is 15.6. The second kappa shape index (κ2) is 6.78. The van der Waals surface area contributed by atoms with E-state index in [2.05, 4.69) is 21.2 Å². The van der Waals surface area contributed by atoms with Crippen molar-refractivity contribution in [1.82, 2.24) is 5.32 Å². The van der Waals surface area contributed by atoms with Crippen molar-refractivity contribution in [2.24, 2.45) is 0 Å². The summed E-state index contributed by atoms with van der Waals surface area (Å²) < 4.78 is 14.7. The van der Waals surface area contributed by atoms with E-state index in [0.29, 0.717) is 22.0 Å². The standard InChI is InChI=1S/C15H14BrFN2O2/c1-18-14(12-7-6-11(16)9-13(12)17)8-10-4-2-3-5-15(10)19(20)21/h2-7,9,14,18H,8H2,1H3. The molecule has 0 aliphatic rings. The van der Waals surface area contributed by atoms with Crippen molar-refractivity contribution in [3.63, 3.8) is 0 Å². The Kier molecular flexibility index (Phi) is 5.03. The molecule has 2 aromatic rings. The van der Waals surface area contributed by atoms with Gasteiger partial charge in [0.15, 0.2) is 0 Å². The molecule has 0 aliphatic carbocycles. The predicted molar refractivity (Wildman–Crippen MR) is 82.7 cm³/mol. The third-order valence-electron chi connectivity index (χ3n) is 3.30. The van der Waals surface area contributed by atoms with Crippen LogP contribution in [-0.4, -0.2) is 12.0 Å². The minimum absolute atomic E-state index is 0.0512. The zero-order chi connectivity index (χ0) is 15.4. The van der Waals surface area contributed by atoms with Gasteiger partial charge in [0.1, 0.15) is 5.82 Å².